The van der Waals surface area contributed by atoms with Crippen LogP contribution in [0.3, 0.4) is 0 Å². The lowest BCUT2D eigenvalue weighted by Crippen LogP contribution is -2.33. The number of aliphatic hydroxyl groups excluding tert-OH is 2. The minimum Gasteiger partial charge on any atom is -0.390 e. The van der Waals surface area contributed by atoms with Gasteiger partial charge in [-0.2, -0.15) is 0 Å². The minimum atomic E-state index is 0.0196. The van der Waals surface area contributed by atoms with E-state index in [9.17, 15) is 4.79 Å². The van der Waals surface area contributed by atoms with Gasteiger partial charge >= 0.3 is 5.91 Å². The van der Waals surface area contributed by atoms with Crippen molar-refractivity contribution in [2.75, 3.05) is 32.8 Å². The molecule has 0 bridgehead atoms. The summed E-state index contributed by atoms with van der Waals surface area (Å²) in [7, 11) is 0. The summed E-state index contributed by atoms with van der Waals surface area (Å²) in [5, 5.41) is 17.1. The molecule has 1 aliphatic rings. The Hall–Kier alpha value is -0.450. The molecule has 4 nitrogen and oxygen atoms in total. The molecule has 2 N–H and O–H groups in total. The Bertz CT molecular complexity index is 140. The molecular formula is C6H12NO3+. The van der Waals surface area contributed by atoms with Gasteiger partial charge in [-0.05, 0) is 0 Å². The van der Waals surface area contributed by atoms with E-state index in [0.29, 0.717) is 19.6 Å². The summed E-state index contributed by atoms with van der Waals surface area (Å²) in [5.74, 6) is 0.128. The van der Waals surface area contributed by atoms with Crippen molar-refractivity contribution in [1.29, 1.82) is 0 Å². The first-order valence-electron chi connectivity index (χ1n) is 3.36. The molecular weight excluding hydrogens is 134 g/mol. The molecule has 1 amide bonds. The molecule has 1 fully saturated rings. The van der Waals surface area contributed by atoms with Crippen LogP contribution in [-0.2, 0) is 4.79 Å². The first-order valence-corrected chi connectivity index (χ1v) is 3.36. The highest BCUT2D eigenvalue weighted by Gasteiger charge is 2.54. The van der Waals surface area contributed by atoms with E-state index in [1.165, 1.54) is 0 Å². The van der Waals surface area contributed by atoms with Crippen LogP contribution >= 0.6 is 0 Å². The monoisotopic (exact) mass is 146 g/mol. The van der Waals surface area contributed by atoms with Gasteiger partial charge in [0.2, 0.25) is 6.54 Å². The number of carbonyl (C=O) groups is 1. The third kappa shape index (κ3) is 1.18. The zero-order chi connectivity index (χ0) is 7.61. The van der Waals surface area contributed by atoms with E-state index in [-0.39, 0.29) is 23.6 Å². The first-order chi connectivity index (χ1) is 4.75. The van der Waals surface area contributed by atoms with Crippen LogP contribution in [0.15, 0.2) is 0 Å². The highest BCUT2D eigenvalue weighted by atomic mass is 16.3. The number of hydrogen-bond donors (Lipinski definition) is 2. The Balaban J connectivity index is 2.38. The molecule has 58 valence electrons. The van der Waals surface area contributed by atoms with Gasteiger partial charge in [0.25, 0.3) is 0 Å². The second-order valence-corrected chi connectivity index (χ2v) is 2.59. The number of amides is 1. The fraction of sp³-hybridized carbons (Fsp3) is 0.833. The summed E-state index contributed by atoms with van der Waals surface area (Å²) in [6.07, 6.45) is 0. The van der Waals surface area contributed by atoms with Crippen LogP contribution in [0.25, 0.3) is 0 Å². The van der Waals surface area contributed by atoms with Crippen molar-refractivity contribution >= 4 is 5.91 Å². The maximum Gasteiger partial charge on any atom is 0.369 e. The van der Waals surface area contributed by atoms with E-state index in [4.69, 9.17) is 10.2 Å². The molecule has 0 unspecified atom stereocenters. The van der Waals surface area contributed by atoms with Gasteiger partial charge in [-0.15, -0.1) is 0 Å². The molecule has 0 radical (unpaired) electrons. The molecule has 1 rings (SSSR count). The van der Waals surface area contributed by atoms with Gasteiger partial charge in [0.1, 0.15) is 13.1 Å². The summed E-state index contributed by atoms with van der Waals surface area (Å²) < 4.78 is 0.285. The summed E-state index contributed by atoms with van der Waals surface area (Å²) in [6, 6.07) is 0. The van der Waals surface area contributed by atoms with E-state index in [1.807, 2.05) is 0 Å². The normalized spacial score (nSPS) is 21.2. The number of aliphatic hydroxyl groups is 2. The summed E-state index contributed by atoms with van der Waals surface area (Å²) in [4.78, 5) is 10.7. The molecule has 10 heavy (non-hydrogen) atoms. The average Bonchev–Trinajstić information content (AvgIpc) is 2.44. The van der Waals surface area contributed by atoms with Crippen LogP contribution in [0.2, 0.25) is 0 Å². The number of carbonyl (C=O) groups excluding carboxylic acids is 1. The molecule has 0 atom stereocenters. The lowest BCUT2D eigenvalue weighted by atomic mass is 10.5. The topological polar surface area (TPSA) is 57.5 Å². The number of rotatable bonds is 4. The van der Waals surface area contributed by atoms with Crippen molar-refractivity contribution in [2.24, 2.45) is 0 Å². The lowest BCUT2D eigenvalue weighted by Gasteiger charge is -2.11. The van der Waals surface area contributed by atoms with Crippen molar-refractivity contribution in [3.63, 3.8) is 0 Å². The molecule has 0 saturated carbocycles. The molecule has 0 aliphatic carbocycles. The number of quaternary nitrogens is 1. The van der Waals surface area contributed by atoms with Gasteiger partial charge in [0.05, 0.1) is 13.2 Å². The number of hydrogen-bond acceptors (Lipinski definition) is 3. The molecule has 0 aromatic rings. The second-order valence-electron chi connectivity index (χ2n) is 2.59. The lowest BCUT2D eigenvalue weighted by molar-refractivity contribution is -0.761. The first kappa shape index (κ1) is 7.65. The van der Waals surface area contributed by atoms with Crippen LogP contribution < -0.4 is 0 Å². The van der Waals surface area contributed by atoms with Crippen molar-refractivity contribution in [2.45, 2.75) is 0 Å². The van der Waals surface area contributed by atoms with E-state index in [2.05, 4.69) is 0 Å². The third-order valence-electron chi connectivity index (χ3n) is 1.92. The van der Waals surface area contributed by atoms with Crippen molar-refractivity contribution in [3.05, 3.63) is 0 Å². The molecule has 1 heterocycles. The minimum absolute atomic E-state index is 0.0196. The SMILES string of the molecule is O=C1C[N+]1(CCO)CCO. The van der Waals surface area contributed by atoms with Crippen LogP contribution in [0, 0.1) is 0 Å². The largest absolute Gasteiger partial charge is 0.390 e. The zero-order valence-corrected chi connectivity index (χ0v) is 5.79. The molecule has 0 aromatic heterocycles. The van der Waals surface area contributed by atoms with Gasteiger partial charge in [0, 0.05) is 0 Å². The number of nitrogens with zero attached hydrogens (tertiary/aromatic N) is 1. The Labute approximate surface area is 59.3 Å². The Kier molecular flexibility index (Phi) is 2.03. The van der Waals surface area contributed by atoms with E-state index in [1.54, 1.807) is 0 Å². The molecule has 1 aliphatic heterocycles. The standard InChI is InChI=1S/C6H12NO3/c8-3-1-7(2-4-9)5-6(7)10/h8-9H,1-5H2/q+1. The van der Waals surface area contributed by atoms with Crippen molar-refractivity contribution < 1.29 is 19.5 Å². The van der Waals surface area contributed by atoms with Gasteiger partial charge in [-0.25, -0.2) is 9.28 Å². The van der Waals surface area contributed by atoms with Crippen molar-refractivity contribution in [3.8, 4) is 0 Å². The maximum absolute atomic E-state index is 10.7. The summed E-state index contributed by atoms with van der Waals surface area (Å²) >= 11 is 0. The maximum atomic E-state index is 10.7. The van der Waals surface area contributed by atoms with Crippen LogP contribution in [0.1, 0.15) is 0 Å². The molecule has 0 aromatic carbocycles. The average molecular weight is 146 g/mol. The van der Waals surface area contributed by atoms with Gasteiger partial charge < -0.3 is 10.2 Å². The third-order valence-corrected chi connectivity index (χ3v) is 1.92. The predicted octanol–water partition coefficient (Wildman–Crippen LogP) is -1.67. The smallest absolute Gasteiger partial charge is 0.369 e. The molecule has 4 heteroatoms. The van der Waals surface area contributed by atoms with E-state index in [0.717, 1.165) is 0 Å². The van der Waals surface area contributed by atoms with Crippen LogP contribution in [0.5, 0.6) is 0 Å². The fourth-order valence-electron chi connectivity index (χ4n) is 1.13. The van der Waals surface area contributed by atoms with Crippen molar-refractivity contribution in [1.82, 2.24) is 0 Å². The highest BCUT2D eigenvalue weighted by Crippen LogP contribution is 2.21. The molecule has 1 saturated heterocycles. The summed E-state index contributed by atoms with van der Waals surface area (Å²) in [5.41, 5.74) is 0. The van der Waals surface area contributed by atoms with E-state index >= 15 is 0 Å². The quantitative estimate of drug-likeness (QED) is 0.368. The molecule has 0 spiro atoms. The second kappa shape index (κ2) is 2.65. The Morgan fingerprint density at radius 1 is 1.30 bits per heavy atom. The van der Waals surface area contributed by atoms with Gasteiger partial charge in [-0.1, -0.05) is 0 Å². The van der Waals surface area contributed by atoms with Gasteiger partial charge in [-0.3, -0.25) is 0 Å². The zero-order valence-electron chi connectivity index (χ0n) is 5.79. The van der Waals surface area contributed by atoms with Crippen LogP contribution in [-0.4, -0.2) is 53.5 Å². The van der Waals surface area contributed by atoms with Gasteiger partial charge in [0.15, 0.2) is 0 Å². The fourth-order valence-corrected chi connectivity index (χ4v) is 1.13. The summed E-state index contributed by atoms with van der Waals surface area (Å²) in [6.45, 7) is 1.44. The highest BCUT2D eigenvalue weighted by molar-refractivity contribution is 5.81. The Morgan fingerprint density at radius 2 is 1.70 bits per heavy atom. The van der Waals surface area contributed by atoms with E-state index < -0.39 is 0 Å². The van der Waals surface area contributed by atoms with Crippen LogP contribution in [0.4, 0.5) is 0 Å². The predicted molar refractivity (Wildman–Crippen MR) is 34.0 cm³/mol. The Morgan fingerprint density at radius 3 is 1.90 bits per heavy atom.